The van der Waals surface area contributed by atoms with Gasteiger partial charge in [0.15, 0.2) is 16.9 Å². The van der Waals surface area contributed by atoms with Crippen LogP contribution >= 0.6 is 11.6 Å². The van der Waals surface area contributed by atoms with Gasteiger partial charge >= 0.3 is 0 Å². The van der Waals surface area contributed by atoms with Crippen molar-refractivity contribution in [3.05, 3.63) is 57.0 Å². The van der Waals surface area contributed by atoms with Crippen LogP contribution in [0.1, 0.15) is 57.8 Å². The minimum atomic E-state index is -0.839. The van der Waals surface area contributed by atoms with Crippen molar-refractivity contribution in [2.24, 2.45) is 0 Å². The Balaban J connectivity index is 2.22. The van der Waals surface area contributed by atoms with E-state index in [4.69, 9.17) is 16.3 Å². The molecule has 0 saturated carbocycles. The van der Waals surface area contributed by atoms with E-state index in [9.17, 15) is 9.18 Å². The summed E-state index contributed by atoms with van der Waals surface area (Å²) in [4.78, 5) is 12.3. The molecule has 0 radical (unpaired) electrons. The molecule has 0 amide bonds. The highest BCUT2D eigenvalue weighted by Crippen LogP contribution is 2.28. The minimum absolute atomic E-state index is 0.0147. The molecule has 26 heavy (non-hydrogen) atoms. The lowest BCUT2D eigenvalue weighted by Gasteiger charge is -2.21. The summed E-state index contributed by atoms with van der Waals surface area (Å²) in [5.41, 5.74) is 1.43. The fourth-order valence-electron chi connectivity index (χ4n) is 2.54. The van der Waals surface area contributed by atoms with E-state index in [1.807, 2.05) is 31.2 Å². The summed E-state index contributed by atoms with van der Waals surface area (Å²) in [6.45, 7) is 8.14. The largest absolute Gasteiger partial charge is 0.480 e. The van der Waals surface area contributed by atoms with Crippen LogP contribution in [0.25, 0.3) is 0 Å². The number of alkyl halides is 1. The molecule has 0 saturated heterocycles. The molecule has 0 aliphatic heterocycles. The number of halogens is 2. The van der Waals surface area contributed by atoms with Crippen LogP contribution in [0, 0.1) is 0 Å². The molecule has 4 nitrogen and oxygen atoms in total. The summed E-state index contributed by atoms with van der Waals surface area (Å²) < 4.78 is 20.5. The number of unbranched alkanes of at least 4 members (excludes halogenated alkanes) is 1. The molecule has 0 aliphatic carbocycles. The Labute approximate surface area is 158 Å². The lowest BCUT2D eigenvalue weighted by molar-refractivity contribution is 0.165. The number of aromatic nitrogens is 2. The predicted molar refractivity (Wildman–Crippen MR) is 103 cm³/mol. The third kappa shape index (κ3) is 4.85. The van der Waals surface area contributed by atoms with Crippen LogP contribution in [0.5, 0.6) is 5.75 Å². The summed E-state index contributed by atoms with van der Waals surface area (Å²) in [7, 11) is 0. The number of ether oxygens (including phenoxy) is 1. The Morgan fingerprint density at radius 2 is 1.92 bits per heavy atom. The second kappa shape index (κ2) is 8.67. The molecule has 1 aromatic carbocycles. The van der Waals surface area contributed by atoms with Gasteiger partial charge < -0.3 is 4.74 Å². The van der Waals surface area contributed by atoms with Crippen molar-refractivity contribution in [3.8, 4) is 5.75 Å². The molecule has 142 valence electrons. The van der Waals surface area contributed by atoms with E-state index in [-0.39, 0.29) is 16.2 Å². The number of hydrogen-bond donors (Lipinski definition) is 0. The fourth-order valence-corrected chi connectivity index (χ4v) is 2.73. The average Bonchev–Trinajstić information content (AvgIpc) is 2.61. The second-order valence-corrected chi connectivity index (χ2v) is 7.72. The molecular formula is C20H26ClFN2O2. The Hall–Kier alpha value is -1.88. The molecule has 1 heterocycles. The topological polar surface area (TPSA) is 44.1 Å². The van der Waals surface area contributed by atoms with E-state index in [2.05, 4.69) is 25.9 Å². The lowest BCUT2D eigenvalue weighted by atomic mass is 9.86. The number of benzene rings is 1. The maximum atomic E-state index is 13.6. The van der Waals surface area contributed by atoms with Gasteiger partial charge in [-0.15, -0.1) is 0 Å². The molecule has 1 unspecified atom stereocenters. The highest BCUT2D eigenvalue weighted by molar-refractivity contribution is 6.31. The van der Waals surface area contributed by atoms with Crippen LogP contribution in [0.4, 0.5) is 4.39 Å². The number of rotatable bonds is 7. The van der Waals surface area contributed by atoms with Crippen molar-refractivity contribution >= 4 is 11.6 Å². The van der Waals surface area contributed by atoms with Crippen LogP contribution in [-0.4, -0.2) is 16.5 Å². The van der Waals surface area contributed by atoms with Crippen LogP contribution < -0.4 is 10.3 Å². The number of aryl methyl sites for hydroxylation is 1. The van der Waals surface area contributed by atoms with E-state index >= 15 is 0 Å². The van der Waals surface area contributed by atoms with Crippen LogP contribution in [0.15, 0.2) is 35.3 Å². The molecule has 0 fully saturated rings. The minimum Gasteiger partial charge on any atom is -0.480 e. The normalized spacial score (nSPS) is 12.8. The Morgan fingerprint density at radius 3 is 2.46 bits per heavy atom. The molecule has 0 spiro atoms. The first-order chi connectivity index (χ1) is 12.3. The van der Waals surface area contributed by atoms with Crippen LogP contribution in [-0.2, 0) is 12.0 Å². The van der Waals surface area contributed by atoms with Gasteiger partial charge in [-0.3, -0.25) is 4.79 Å². The third-order valence-corrected chi connectivity index (χ3v) is 4.58. The van der Waals surface area contributed by atoms with Crippen LogP contribution in [0.2, 0.25) is 5.02 Å². The molecule has 1 aromatic heterocycles. The van der Waals surface area contributed by atoms with E-state index < -0.39 is 18.3 Å². The Morgan fingerprint density at radius 1 is 1.27 bits per heavy atom. The van der Waals surface area contributed by atoms with Gasteiger partial charge in [-0.2, -0.15) is 5.10 Å². The first-order valence-electron chi connectivity index (χ1n) is 8.86. The third-order valence-electron chi connectivity index (χ3n) is 4.23. The van der Waals surface area contributed by atoms with Gasteiger partial charge in [0.1, 0.15) is 6.67 Å². The van der Waals surface area contributed by atoms with Crippen molar-refractivity contribution in [1.82, 2.24) is 9.78 Å². The van der Waals surface area contributed by atoms with Gasteiger partial charge in [-0.05, 0) is 23.0 Å². The Kier molecular flexibility index (Phi) is 6.81. The van der Waals surface area contributed by atoms with Crippen molar-refractivity contribution in [1.29, 1.82) is 0 Å². The number of nitrogens with zero attached hydrogens (tertiary/aromatic N) is 2. The highest BCUT2D eigenvalue weighted by atomic mass is 35.5. The first kappa shape index (κ1) is 20.4. The maximum absolute atomic E-state index is 13.6. The number of hydrogen-bond acceptors (Lipinski definition) is 3. The van der Waals surface area contributed by atoms with Gasteiger partial charge in [0, 0.05) is 6.54 Å². The molecule has 1 atom stereocenters. The van der Waals surface area contributed by atoms with Gasteiger partial charge in [-0.1, -0.05) is 70.0 Å². The van der Waals surface area contributed by atoms with Gasteiger partial charge in [-0.25, -0.2) is 9.07 Å². The fraction of sp³-hybridized carbons (Fsp3) is 0.500. The van der Waals surface area contributed by atoms with Crippen molar-refractivity contribution in [2.75, 3.05) is 6.67 Å². The SMILES string of the molecule is CCCCn1ncc(OC(CF)c2ccc(C(C)(C)C)cc2)c(Cl)c1=O. The van der Waals surface area contributed by atoms with Crippen LogP contribution in [0.3, 0.4) is 0 Å². The molecule has 0 bridgehead atoms. The zero-order chi connectivity index (χ0) is 19.3. The second-order valence-electron chi connectivity index (χ2n) is 7.34. The summed E-state index contributed by atoms with van der Waals surface area (Å²) in [5, 5.41) is 4.01. The molecule has 0 aliphatic rings. The highest BCUT2D eigenvalue weighted by Gasteiger charge is 2.19. The van der Waals surface area contributed by atoms with E-state index in [1.54, 1.807) is 0 Å². The summed E-state index contributed by atoms with van der Waals surface area (Å²) in [5.74, 6) is 0.104. The zero-order valence-corrected chi connectivity index (χ0v) is 16.5. The zero-order valence-electron chi connectivity index (χ0n) is 15.8. The Bertz CT molecular complexity index is 782. The van der Waals surface area contributed by atoms with Crippen molar-refractivity contribution in [3.63, 3.8) is 0 Å². The average molecular weight is 381 g/mol. The van der Waals surface area contributed by atoms with E-state index in [1.165, 1.54) is 10.9 Å². The monoisotopic (exact) mass is 380 g/mol. The first-order valence-corrected chi connectivity index (χ1v) is 9.24. The quantitative estimate of drug-likeness (QED) is 0.672. The smallest absolute Gasteiger partial charge is 0.289 e. The lowest BCUT2D eigenvalue weighted by Crippen LogP contribution is -2.24. The molecule has 0 N–H and O–H groups in total. The van der Waals surface area contributed by atoms with E-state index in [0.717, 1.165) is 18.4 Å². The molecule has 2 rings (SSSR count). The van der Waals surface area contributed by atoms with E-state index in [0.29, 0.717) is 12.1 Å². The summed E-state index contributed by atoms with van der Waals surface area (Å²) >= 11 is 6.13. The standard InChI is InChI=1S/C20H26ClFN2O2/c1-5-6-11-24-19(25)18(21)17(13-23-24)26-16(12-22)14-7-9-15(10-8-14)20(2,3)4/h7-10,13,16H,5-6,11-12H2,1-4H3. The molecule has 2 aromatic rings. The molecule has 6 heteroatoms. The molecular weight excluding hydrogens is 355 g/mol. The van der Waals surface area contributed by atoms with Gasteiger partial charge in [0.05, 0.1) is 6.20 Å². The van der Waals surface area contributed by atoms with Gasteiger partial charge in [0.25, 0.3) is 5.56 Å². The van der Waals surface area contributed by atoms with Crippen molar-refractivity contribution in [2.45, 2.75) is 58.6 Å². The van der Waals surface area contributed by atoms with Crippen molar-refractivity contribution < 1.29 is 9.13 Å². The van der Waals surface area contributed by atoms with Gasteiger partial charge in [0.2, 0.25) is 0 Å². The summed E-state index contributed by atoms with van der Waals surface area (Å²) in [6, 6.07) is 7.61. The predicted octanol–water partition coefficient (Wildman–Crippen LogP) is 5.08. The maximum Gasteiger partial charge on any atom is 0.289 e. The summed E-state index contributed by atoms with van der Waals surface area (Å²) in [6.07, 6.45) is 2.31.